The Morgan fingerprint density at radius 1 is 1.16 bits per heavy atom. The Balaban J connectivity index is 1.99. The highest BCUT2D eigenvalue weighted by Crippen LogP contribution is 2.21. The van der Waals surface area contributed by atoms with Crippen molar-refractivity contribution in [2.75, 3.05) is 23.3 Å². The fraction of sp³-hybridized carbons (Fsp3) is 0.533. The van der Waals surface area contributed by atoms with Crippen molar-refractivity contribution in [1.82, 2.24) is 0 Å². The highest BCUT2D eigenvalue weighted by atomic mass is 16.2. The van der Waals surface area contributed by atoms with Gasteiger partial charge in [0.2, 0.25) is 5.91 Å². The van der Waals surface area contributed by atoms with E-state index in [1.165, 1.54) is 31.4 Å². The van der Waals surface area contributed by atoms with Crippen molar-refractivity contribution in [3.63, 3.8) is 0 Å². The summed E-state index contributed by atoms with van der Waals surface area (Å²) < 4.78 is 0. The van der Waals surface area contributed by atoms with Crippen LogP contribution in [-0.4, -0.2) is 25.0 Å². The molecule has 104 valence electrons. The zero-order chi connectivity index (χ0) is 13.7. The Labute approximate surface area is 115 Å². The molecule has 0 bridgehead atoms. The topological polar surface area (TPSA) is 58.4 Å². The van der Waals surface area contributed by atoms with Gasteiger partial charge in [-0.1, -0.05) is 12.8 Å². The summed E-state index contributed by atoms with van der Waals surface area (Å²) in [5, 5.41) is 2.80. The average molecular weight is 261 g/mol. The molecule has 1 fully saturated rings. The summed E-state index contributed by atoms with van der Waals surface area (Å²) in [5.41, 5.74) is 7.57. The molecule has 1 aliphatic heterocycles. The van der Waals surface area contributed by atoms with Crippen LogP contribution in [0.1, 0.15) is 32.6 Å². The van der Waals surface area contributed by atoms with E-state index in [1.807, 2.05) is 12.1 Å². The number of carbonyl (C=O) groups excluding carboxylic acids is 1. The smallest absolute Gasteiger partial charge is 0.240 e. The predicted molar refractivity (Wildman–Crippen MR) is 79.4 cm³/mol. The van der Waals surface area contributed by atoms with Crippen molar-refractivity contribution >= 4 is 17.3 Å². The van der Waals surface area contributed by atoms with Crippen molar-refractivity contribution in [3.8, 4) is 0 Å². The molecule has 3 N–H and O–H groups in total. The van der Waals surface area contributed by atoms with Crippen LogP contribution in [0.4, 0.5) is 11.4 Å². The van der Waals surface area contributed by atoms with Crippen LogP contribution in [0.3, 0.4) is 0 Å². The number of amides is 1. The minimum atomic E-state index is -0.481. The maximum atomic E-state index is 11.5. The molecule has 0 saturated carbocycles. The lowest BCUT2D eigenvalue weighted by Crippen LogP contribution is -2.32. The van der Waals surface area contributed by atoms with Crippen LogP contribution in [0, 0.1) is 0 Å². The fourth-order valence-electron chi connectivity index (χ4n) is 2.34. The third-order valence-corrected chi connectivity index (χ3v) is 3.52. The van der Waals surface area contributed by atoms with Crippen LogP contribution in [0.25, 0.3) is 0 Å². The maximum absolute atomic E-state index is 11.5. The van der Waals surface area contributed by atoms with Crippen LogP contribution in [0.15, 0.2) is 24.3 Å². The Kier molecular flexibility index (Phi) is 4.80. The summed E-state index contributed by atoms with van der Waals surface area (Å²) in [6.07, 6.45) is 5.20. The molecule has 1 atom stereocenters. The molecule has 0 aromatic heterocycles. The molecular formula is C15H23N3O. The van der Waals surface area contributed by atoms with E-state index in [9.17, 15) is 4.79 Å². The summed E-state index contributed by atoms with van der Waals surface area (Å²) in [5.74, 6) is -0.150. The van der Waals surface area contributed by atoms with E-state index in [4.69, 9.17) is 5.73 Å². The minimum Gasteiger partial charge on any atom is -0.372 e. The largest absolute Gasteiger partial charge is 0.372 e. The quantitative estimate of drug-likeness (QED) is 0.878. The number of nitrogens with zero attached hydrogens (tertiary/aromatic N) is 1. The Bertz CT molecular complexity index is 406. The van der Waals surface area contributed by atoms with E-state index in [0.717, 1.165) is 18.8 Å². The normalized spacial score (nSPS) is 17.7. The minimum absolute atomic E-state index is 0.150. The molecule has 2 rings (SSSR count). The van der Waals surface area contributed by atoms with E-state index in [1.54, 1.807) is 6.92 Å². The van der Waals surface area contributed by atoms with Gasteiger partial charge in [0, 0.05) is 24.5 Å². The van der Waals surface area contributed by atoms with Crippen LogP contribution in [0.5, 0.6) is 0 Å². The van der Waals surface area contributed by atoms with E-state index in [0.29, 0.717) is 0 Å². The van der Waals surface area contributed by atoms with Gasteiger partial charge in [0.05, 0.1) is 6.04 Å². The number of hydrogen-bond acceptors (Lipinski definition) is 3. The van der Waals surface area contributed by atoms with Crippen molar-refractivity contribution in [2.24, 2.45) is 5.73 Å². The highest BCUT2D eigenvalue weighted by Gasteiger charge is 2.11. The molecular weight excluding hydrogens is 238 g/mol. The molecule has 1 heterocycles. The molecule has 4 nitrogen and oxygen atoms in total. The molecule has 1 saturated heterocycles. The van der Waals surface area contributed by atoms with Crippen LogP contribution in [-0.2, 0) is 4.79 Å². The number of carbonyl (C=O) groups is 1. The van der Waals surface area contributed by atoms with Crippen LogP contribution >= 0.6 is 0 Å². The molecule has 19 heavy (non-hydrogen) atoms. The zero-order valence-electron chi connectivity index (χ0n) is 11.6. The first-order valence-corrected chi connectivity index (χ1v) is 7.08. The molecule has 1 amide bonds. The van der Waals surface area contributed by atoms with Crippen LogP contribution < -0.4 is 16.0 Å². The van der Waals surface area contributed by atoms with E-state index in [-0.39, 0.29) is 5.91 Å². The summed E-state index contributed by atoms with van der Waals surface area (Å²) in [7, 11) is 0. The van der Waals surface area contributed by atoms with E-state index >= 15 is 0 Å². The van der Waals surface area contributed by atoms with E-state index < -0.39 is 6.04 Å². The summed E-state index contributed by atoms with van der Waals surface area (Å²) in [6.45, 7) is 3.94. The third-order valence-electron chi connectivity index (χ3n) is 3.52. The number of nitrogens with two attached hydrogens (primary N) is 1. The Morgan fingerprint density at radius 2 is 1.74 bits per heavy atom. The summed E-state index contributed by atoms with van der Waals surface area (Å²) >= 11 is 0. The molecule has 1 aliphatic rings. The van der Waals surface area contributed by atoms with Gasteiger partial charge >= 0.3 is 0 Å². The molecule has 0 aliphatic carbocycles. The summed E-state index contributed by atoms with van der Waals surface area (Å²) in [4.78, 5) is 13.9. The first-order valence-electron chi connectivity index (χ1n) is 7.08. The third kappa shape index (κ3) is 3.96. The predicted octanol–water partition coefficient (Wildman–Crippen LogP) is 2.35. The summed E-state index contributed by atoms with van der Waals surface area (Å²) in [6, 6.07) is 7.55. The second-order valence-corrected chi connectivity index (χ2v) is 5.23. The van der Waals surface area contributed by atoms with Crippen molar-refractivity contribution in [2.45, 2.75) is 38.6 Å². The van der Waals surface area contributed by atoms with Gasteiger partial charge in [0.25, 0.3) is 0 Å². The van der Waals surface area contributed by atoms with Crippen molar-refractivity contribution in [3.05, 3.63) is 24.3 Å². The first-order chi connectivity index (χ1) is 9.16. The van der Waals surface area contributed by atoms with Crippen LogP contribution in [0.2, 0.25) is 0 Å². The molecule has 4 heteroatoms. The van der Waals surface area contributed by atoms with Crippen molar-refractivity contribution < 1.29 is 4.79 Å². The van der Waals surface area contributed by atoms with Crippen molar-refractivity contribution in [1.29, 1.82) is 0 Å². The van der Waals surface area contributed by atoms with Gasteiger partial charge in [-0.2, -0.15) is 0 Å². The Morgan fingerprint density at radius 3 is 2.26 bits per heavy atom. The standard InChI is InChI=1S/C15H23N3O/c1-12(16)15(19)17-13-6-8-14(9-7-13)18-10-4-2-3-5-11-18/h6-9,12H,2-5,10-11,16H2,1H3,(H,17,19)/t12-/m1/s1. The van der Waals surface area contributed by atoms with E-state index in [2.05, 4.69) is 22.3 Å². The molecule has 0 radical (unpaired) electrons. The second kappa shape index (κ2) is 6.57. The lowest BCUT2D eigenvalue weighted by molar-refractivity contribution is -0.117. The maximum Gasteiger partial charge on any atom is 0.240 e. The van der Waals surface area contributed by atoms with Gasteiger partial charge in [0.1, 0.15) is 0 Å². The number of nitrogens with one attached hydrogen (secondary N) is 1. The molecule has 1 aromatic rings. The lowest BCUT2D eigenvalue weighted by Gasteiger charge is -2.22. The zero-order valence-corrected chi connectivity index (χ0v) is 11.6. The van der Waals surface area contributed by atoms with Gasteiger partial charge in [-0.3, -0.25) is 4.79 Å². The fourth-order valence-corrected chi connectivity index (χ4v) is 2.34. The lowest BCUT2D eigenvalue weighted by atomic mass is 10.2. The van der Waals surface area contributed by atoms with Gasteiger partial charge in [-0.25, -0.2) is 0 Å². The Hall–Kier alpha value is -1.55. The first kappa shape index (κ1) is 13.9. The van der Waals surface area contributed by atoms with Gasteiger partial charge in [-0.15, -0.1) is 0 Å². The molecule has 0 unspecified atom stereocenters. The van der Waals surface area contributed by atoms with Gasteiger partial charge in [-0.05, 0) is 44.0 Å². The number of rotatable bonds is 3. The number of anilines is 2. The van der Waals surface area contributed by atoms with Gasteiger partial charge < -0.3 is 16.0 Å². The highest BCUT2D eigenvalue weighted by molar-refractivity contribution is 5.94. The SMILES string of the molecule is C[C@@H](N)C(=O)Nc1ccc(N2CCCCCC2)cc1. The molecule has 0 spiro atoms. The monoisotopic (exact) mass is 261 g/mol. The van der Waals surface area contributed by atoms with Gasteiger partial charge in [0.15, 0.2) is 0 Å². The second-order valence-electron chi connectivity index (χ2n) is 5.23. The number of benzene rings is 1. The molecule has 1 aromatic carbocycles. The average Bonchev–Trinajstić information content (AvgIpc) is 2.68. The number of hydrogen-bond donors (Lipinski definition) is 2.